The van der Waals surface area contributed by atoms with Gasteiger partial charge in [0.15, 0.2) is 5.96 Å². The molecule has 1 atom stereocenters. The van der Waals surface area contributed by atoms with E-state index in [0.717, 1.165) is 71.4 Å². The average molecular weight is 513 g/mol. The van der Waals surface area contributed by atoms with Crippen LogP contribution in [-0.2, 0) is 14.9 Å². The van der Waals surface area contributed by atoms with Crippen LogP contribution in [0.3, 0.4) is 0 Å². The van der Waals surface area contributed by atoms with Crippen LogP contribution in [0.4, 0.5) is 0 Å². The molecular formula is C23H36IN3O2. The van der Waals surface area contributed by atoms with Crippen LogP contribution in [-0.4, -0.2) is 63.5 Å². The number of nitrogens with one attached hydrogen (secondary N) is 1. The van der Waals surface area contributed by atoms with Gasteiger partial charge in [-0.2, -0.15) is 0 Å². The van der Waals surface area contributed by atoms with E-state index in [1.165, 1.54) is 24.0 Å². The number of ether oxygens (including phenoxy) is 2. The van der Waals surface area contributed by atoms with Crippen molar-refractivity contribution in [3.05, 3.63) is 35.4 Å². The Balaban J connectivity index is 0.00000240. The number of benzene rings is 1. The van der Waals surface area contributed by atoms with E-state index in [-0.39, 0.29) is 29.4 Å². The summed E-state index contributed by atoms with van der Waals surface area (Å²) in [4.78, 5) is 7.66. The lowest BCUT2D eigenvalue weighted by molar-refractivity contribution is 0.0528. The lowest BCUT2D eigenvalue weighted by Crippen LogP contribution is -2.43. The Bertz CT molecular complexity index is 697. The summed E-state index contributed by atoms with van der Waals surface area (Å²) < 4.78 is 11.4. The van der Waals surface area contributed by atoms with E-state index in [1.807, 2.05) is 0 Å². The molecule has 3 fully saturated rings. The summed E-state index contributed by atoms with van der Waals surface area (Å²) in [6.45, 7) is 11.7. The Morgan fingerprint density at radius 1 is 1.10 bits per heavy atom. The molecule has 29 heavy (non-hydrogen) atoms. The Hall–Kier alpha value is -0.860. The first-order chi connectivity index (χ1) is 13.7. The highest BCUT2D eigenvalue weighted by molar-refractivity contribution is 14.0. The monoisotopic (exact) mass is 513 g/mol. The molecule has 0 aromatic heterocycles. The van der Waals surface area contributed by atoms with Gasteiger partial charge in [0.1, 0.15) is 0 Å². The van der Waals surface area contributed by atoms with E-state index in [4.69, 9.17) is 14.5 Å². The predicted octanol–water partition coefficient (Wildman–Crippen LogP) is 3.74. The summed E-state index contributed by atoms with van der Waals surface area (Å²) in [5.74, 6) is 1.07. The van der Waals surface area contributed by atoms with Gasteiger partial charge in [0.05, 0.1) is 13.2 Å². The van der Waals surface area contributed by atoms with E-state index < -0.39 is 0 Å². The van der Waals surface area contributed by atoms with Gasteiger partial charge >= 0.3 is 0 Å². The summed E-state index contributed by atoms with van der Waals surface area (Å²) in [5.41, 5.74) is 3.24. The first kappa shape index (κ1) is 22.8. The highest BCUT2D eigenvalue weighted by Gasteiger charge is 2.42. The van der Waals surface area contributed by atoms with Crippen molar-refractivity contribution in [1.29, 1.82) is 0 Å². The maximum Gasteiger partial charge on any atom is 0.193 e. The van der Waals surface area contributed by atoms with E-state index in [1.54, 1.807) is 0 Å². The van der Waals surface area contributed by atoms with Crippen LogP contribution in [0.5, 0.6) is 0 Å². The van der Waals surface area contributed by atoms with Crippen LogP contribution in [0.25, 0.3) is 0 Å². The molecule has 4 rings (SSSR count). The van der Waals surface area contributed by atoms with Crippen molar-refractivity contribution in [3.63, 3.8) is 0 Å². The standard InChI is InChI=1S/C23H35N3O2.HI/c1-3-24-21(26-12-8-22(17-26)9-13-28-18-22)25-16-23(10-14-27-15-11-23)20-7-5-4-6-19(20)2;/h4-7H,3,8-18H2,1-2H3,(H,24,25);1H. The molecule has 1 spiro atoms. The molecule has 3 saturated heterocycles. The van der Waals surface area contributed by atoms with Gasteiger partial charge in [-0.05, 0) is 50.7 Å². The summed E-state index contributed by atoms with van der Waals surface area (Å²) in [6, 6.07) is 8.82. The number of halogens is 1. The lowest BCUT2D eigenvalue weighted by atomic mass is 9.72. The number of nitrogens with zero attached hydrogens (tertiary/aromatic N) is 2. The fraction of sp³-hybridized carbons (Fsp3) is 0.696. The van der Waals surface area contributed by atoms with Crippen molar-refractivity contribution < 1.29 is 9.47 Å². The van der Waals surface area contributed by atoms with E-state index in [0.29, 0.717) is 5.41 Å². The number of aryl methyl sites for hydroxylation is 1. The third kappa shape index (κ3) is 4.90. The quantitative estimate of drug-likeness (QED) is 0.379. The topological polar surface area (TPSA) is 46.1 Å². The molecule has 0 aliphatic carbocycles. The molecule has 1 unspecified atom stereocenters. The maximum atomic E-state index is 5.72. The van der Waals surface area contributed by atoms with Gasteiger partial charge in [0.2, 0.25) is 0 Å². The van der Waals surface area contributed by atoms with Gasteiger partial charge in [0.25, 0.3) is 0 Å². The number of guanidine groups is 1. The van der Waals surface area contributed by atoms with Gasteiger partial charge < -0.3 is 19.7 Å². The lowest BCUT2D eigenvalue weighted by Gasteiger charge is -2.38. The second-order valence-corrected chi connectivity index (χ2v) is 8.85. The molecule has 0 radical (unpaired) electrons. The average Bonchev–Trinajstić information content (AvgIpc) is 3.36. The second-order valence-electron chi connectivity index (χ2n) is 8.85. The molecule has 1 N–H and O–H groups in total. The molecular weight excluding hydrogens is 477 g/mol. The molecule has 0 amide bonds. The van der Waals surface area contributed by atoms with Gasteiger partial charge in [-0.3, -0.25) is 4.99 Å². The number of likely N-dealkylation sites (tertiary alicyclic amines) is 1. The maximum absolute atomic E-state index is 5.72. The number of hydrogen-bond acceptors (Lipinski definition) is 3. The summed E-state index contributed by atoms with van der Waals surface area (Å²) in [6.07, 6.45) is 4.48. The third-order valence-corrected chi connectivity index (χ3v) is 6.96. The van der Waals surface area contributed by atoms with E-state index in [2.05, 4.69) is 48.3 Å². The van der Waals surface area contributed by atoms with Crippen LogP contribution in [0.15, 0.2) is 29.3 Å². The van der Waals surface area contributed by atoms with Crippen molar-refractivity contribution >= 4 is 29.9 Å². The minimum absolute atomic E-state index is 0. The molecule has 0 saturated carbocycles. The molecule has 0 bridgehead atoms. The zero-order chi connectivity index (χ0) is 19.5. The molecule has 5 nitrogen and oxygen atoms in total. The second kappa shape index (κ2) is 9.96. The Morgan fingerprint density at radius 3 is 2.55 bits per heavy atom. The predicted molar refractivity (Wildman–Crippen MR) is 128 cm³/mol. The molecule has 3 aliphatic heterocycles. The number of rotatable bonds is 4. The highest BCUT2D eigenvalue weighted by atomic mass is 127. The van der Waals surface area contributed by atoms with Crippen LogP contribution in [0.2, 0.25) is 0 Å². The molecule has 162 valence electrons. The molecule has 1 aromatic rings. The molecule has 6 heteroatoms. The fourth-order valence-corrected chi connectivity index (χ4v) is 5.18. The van der Waals surface area contributed by atoms with Crippen LogP contribution < -0.4 is 5.32 Å². The van der Waals surface area contributed by atoms with Crippen molar-refractivity contribution in [2.45, 2.75) is 44.9 Å². The third-order valence-electron chi connectivity index (χ3n) is 6.96. The van der Waals surface area contributed by atoms with Crippen molar-refractivity contribution in [2.24, 2.45) is 10.4 Å². The first-order valence-electron chi connectivity index (χ1n) is 10.9. The Morgan fingerprint density at radius 2 is 1.86 bits per heavy atom. The minimum atomic E-state index is 0. The van der Waals surface area contributed by atoms with Gasteiger partial charge in [-0.1, -0.05) is 24.3 Å². The van der Waals surface area contributed by atoms with Crippen molar-refractivity contribution in [1.82, 2.24) is 10.2 Å². The largest absolute Gasteiger partial charge is 0.381 e. The van der Waals surface area contributed by atoms with Crippen molar-refractivity contribution in [3.8, 4) is 0 Å². The molecule has 3 heterocycles. The zero-order valence-electron chi connectivity index (χ0n) is 17.9. The van der Waals surface area contributed by atoms with E-state index >= 15 is 0 Å². The summed E-state index contributed by atoms with van der Waals surface area (Å²) in [7, 11) is 0. The van der Waals surface area contributed by atoms with E-state index in [9.17, 15) is 0 Å². The van der Waals surface area contributed by atoms with Gasteiger partial charge in [-0.15, -0.1) is 24.0 Å². The van der Waals surface area contributed by atoms with Crippen LogP contribution >= 0.6 is 24.0 Å². The van der Waals surface area contributed by atoms with Crippen molar-refractivity contribution in [2.75, 3.05) is 52.6 Å². The Labute approximate surface area is 192 Å². The normalized spacial score (nSPS) is 26.6. The zero-order valence-corrected chi connectivity index (χ0v) is 20.2. The van der Waals surface area contributed by atoms with Gasteiger partial charge in [-0.25, -0.2) is 0 Å². The number of aliphatic imine (C=N–C) groups is 1. The first-order valence-corrected chi connectivity index (χ1v) is 10.9. The van der Waals surface area contributed by atoms with Crippen LogP contribution in [0.1, 0.15) is 43.7 Å². The smallest absolute Gasteiger partial charge is 0.193 e. The summed E-state index contributed by atoms with van der Waals surface area (Å²) >= 11 is 0. The fourth-order valence-electron chi connectivity index (χ4n) is 5.18. The van der Waals surface area contributed by atoms with Gasteiger partial charge in [0, 0.05) is 50.3 Å². The number of hydrogen-bond donors (Lipinski definition) is 1. The Kier molecular flexibility index (Phi) is 7.84. The van der Waals surface area contributed by atoms with Crippen LogP contribution in [0, 0.1) is 12.3 Å². The highest BCUT2D eigenvalue weighted by Crippen LogP contribution is 2.39. The molecule has 3 aliphatic rings. The minimum Gasteiger partial charge on any atom is -0.381 e. The SMILES string of the molecule is CCNC(=NCC1(c2ccccc2C)CCOCC1)N1CCC2(CCOC2)C1.I. The summed E-state index contributed by atoms with van der Waals surface area (Å²) in [5, 5.41) is 3.56. The molecule has 1 aromatic carbocycles.